The van der Waals surface area contributed by atoms with E-state index >= 15 is 0 Å². The van der Waals surface area contributed by atoms with Gasteiger partial charge in [0.15, 0.2) is 0 Å². The van der Waals surface area contributed by atoms with Crippen molar-refractivity contribution < 1.29 is 4.39 Å². The Morgan fingerprint density at radius 1 is 1.16 bits per heavy atom. The zero-order valence-corrected chi connectivity index (χ0v) is 11.3. The number of nitrogens with one attached hydrogen (secondary N) is 1. The Morgan fingerprint density at radius 3 is 2.53 bits per heavy atom. The summed E-state index contributed by atoms with van der Waals surface area (Å²) in [4.78, 5) is 0. The third kappa shape index (κ3) is 4.33. The molecule has 0 bridgehead atoms. The monoisotopic (exact) mass is 260 g/mol. The molecule has 0 radical (unpaired) electrons. The first-order chi connectivity index (χ1) is 9.29. The van der Waals surface area contributed by atoms with Crippen molar-refractivity contribution in [2.24, 2.45) is 0 Å². The van der Waals surface area contributed by atoms with Gasteiger partial charge in [0.05, 0.1) is 11.6 Å². The van der Waals surface area contributed by atoms with E-state index < -0.39 is 0 Å². The molecule has 1 aromatic carbocycles. The maximum absolute atomic E-state index is 13.7. The van der Waals surface area contributed by atoms with E-state index in [9.17, 15) is 4.39 Å². The topological polar surface area (TPSA) is 35.8 Å². The Morgan fingerprint density at radius 2 is 1.84 bits per heavy atom. The summed E-state index contributed by atoms with van der Waals surface area (Å²) in [6.07, 6.45) is 8.87. The SMILES string of the molecule is N#Cc1ccc(F)c(CNC2CCCCCCC2)c1. The van der Waals surface area contributed by atoms with Crippen molar-refractivity contribution in [3.63, 3.8) is 0 Å². The molecule has 1 saturated carbocycles. The first kappa shape index (κ1) is 14.0. The fourth-order valence-corrected chi connectivity index (χ4v) is 2.69. The van der Waals surface area contributed by atoms with Crippen LogP contribution in [0.1, 0.15) is 56.1 Å². The minimum atomic E-state index is -0.225. The van der Waals surface area contributed by atoms with Gasteiger partial charge in [0.25, 0.3) is 0 Å². The lowest BCUT2D eigenvalue weighted by molar-refractivity contribution is 0.386. The van der Waals surface area contributed by atoms with Crippen LogP contribution in [-0.4, -0.2) is 6.04 Å². The number of hydrogen-bond acceptors (Lipinski definition) is 2. The van der Waals surface area contributed by atoms with Crippen LogP contribution >= 0.6 is 0 Å². The molecule has 2 rings (SSSR count). The summed E-state index contributed by atoms with van der Waals surface area (Å²) < 4.78 is 13.7. The second kappa shape index (κ2) is 7.25. The summed E-state index contributed by atoms with van der Waals surface area (Å²) in [5.74, 6) is -0.225. The summed E-state index contributed by atoms with van der Waals surface area (Å²) in [6, 6.07) is 7.10. The van der Waals surface area contributed by atoms with E-state index in [-0.39, 0.29) is 5.82 Å². The third-order valence-electron chi connectivity index (χ3n) is 3.86. The average Bonchev–Trinajstić information content (AvgIpc) is 2.39. The maximum atomic E-state index is 13.7. The predicted molar refractivity (Wildman–Crippen MR) is 74.1 cm³/mol. The second-order valence-corrected chi connectivity index (χ2v) is 5.34. The predicted octanol–water partition coefficient (Wildman–Crippen LogP) is 3.90. The van der Waals surface area contributed by atoms with E-state index in [0.717, 1.165) is 0 Å². The number of nitriles is 1. The van der Waals surface area contributed by atoms with E-state index in [0.29, 0.717) is 23.7 Å². The average molecular weight is 260 g/mol. The summed E-state index contributed by atoms with van der Waals surface area (Å²) in [5.41, 5.74) is 1.12. The van der Waals surface area contributed by atoms with Crippen LogP contribution in [-0.2, 0) is 6.54 Å². The van der Waals surface area contributed by atoms with Crippen molar-refractivity contribution in [2.45, 2.75) is 57.5 Å². The molecule has 1 N–H and O–H groups in total. The van der Waals surface area contributed by atoms with E-state index in [1.165, 1.54) is 57.1 Å². The third-order valence-corrected chi connectivity index (χ3v) is 3.86. The van der Waals surface area contributed by atoms with Gasteiger partial charge in [-0.05, 0) is 31.0 Å². The van der Waals surface area contributed by atoms with Crippen molar-refractivity contribution in [1.82, 2.24) is 5.32 Å². The molecule has 1 aliphatic rings. The molecule has 0 aliphatic heterocycles. The second-order valence-electron chi connectivity index (χ2n) is 5.34. The van der Waals surface area contributed by atoms with Crippen LogP contribution in [0.2, 0.25) is 0 Å². The molecule has 0 spiro atoms. The molecule has 2 nitrogen and oxygen atoms in total. The number of benzene rings is 1. The molecule has 0 amide bonds. The van der Waals surface area contributed by atoms with E-state index in [1.54, 1.807) is 6.07 Å². The highest BCUT2D eigenvalue weighted by molar-refractivity contribution is 5.33. The molecule has 1 aromatic rings. The van der Waals surface area contributed by atoms with Crippen molar-refractivity contribution in [3.8, 4) is 6.07 Å². The van der Waals surface area contributed by atoms with Crippen LogP contribution in [0, 0.1) is 17.1 Å². The zero-order chi connectivity index (χ0) is 13.5. The van der Waals surface area contributed by atoms with Gasteiger partial charge in [-0.2, -0.15) is 5.26 Å². The molecule has 0 unspecified atom stereocenters. The van der Waals surface area contributed by atoms with Crippen LogP contribution in [0.5, 0.6) is 0 Å². The molecular formula is C16H21FN2. The summed E-state index contributed by atoms with van der Waals surface area (Å²) in [5, 5.41) is 12.3. The molecule has 1 aliphatic carbocycles. The summed E-state index contributed by atoms with van der Waals surface area (Å²) in [7, 11) is 0. The Balaban J connectivity index is 1.92. The Kier molecular flexibility index (Phi) is 5.35. The van der Waals surface area contributed by atoms with Crippen molar-refractivity contribution in [2.75, 3.05) is 0 Å². The van der Waals surface area contributed by atoms with E-state index in [4.69, 9.17) is 5.26 Å². The highest BCUT2D eigenvalue weighted by Gasteiger charge is 2.12. The quantitative estimate of drug-likeness (QED) is 0.894. The van der Waals surface area contributed by atoms with Crippen LogP contribution in [0.3, 0.4) is 0 Å². The molecule has 1 fully saturated rings. The van der Waals surface area contributed by atoms with Gasteiger partial charge in [0.1, 0.15) is 5.82 Å². The number of halogens is 1. The summed E-state index contributed by atoms with van der Waals surface area (Å²) in [6.45, 7) is 0.520. The lowest BCUT2D eigenvalue weighted by Crippen LogP contribution is -2.29. The molecule has 3 heteroatoms. The maximum Gasteiger partial charge on any atom is 0.127 e. The first-order valence-corrected chi connectivity index (χ1v) is 7.21. The lowest BCUT2D eigenvalue weighted by Gasteiger charge is -2.21. The summed E-state index contributed by atoms with van der Waals surface area (Å²) >= 11 is 0. The van der Waals surface area contributed by atoms with Gasteiger partial charge in [-0.1, -0.05) is 32.1 Å². The van der Waals surface area contributed by atoms with Gasteiger partial charge in [-0.25, -0.2) is 4.39 Å². The highest BCUT2D eigenvalue weighted by atomic mass is 19.1. The molecule has 102 valence electrons. The minimum absolute atomic E-state index is 0.225. The van der Waals surface area contributed by atoms with Gasteiger partial charge in [0, 0.05) is 18.2 Å². The van der Waals surface area contributed by atoms with Gasteiger partial charge >= 0.3 is 0 Å². The fourth-order valence-electron chi connectivity index (χ4n) is 2.69. The van der Waals surface area contributed by atoms with E-state index in [2.05, 4.69) is 11.4 Å². The largest absolute Gasteiger partial charge is 0.310 e. The minimum Gasteiger partial charge on any atom is -0.310 e. The smallest absolute Gasteiger partial charge is 0.127 e. The number of rotatable bonds is 3. The van der Waals surface area contributed by atoms with Gasteiger partial charge in [-0.3, -0.25) is 0 Å². The van der Waals surface area contributed by atoms with Crippen molar-refractivity contribution in [3.05, 3.63) is 35.1 Å². The highest BCUT2D eigenvalue weighted by Crippen LogP contribution is 2.18. The van der Waals surface area contributed by atoms with Crippen LogP contribution < -0.4 is 5.32 Å². The number of nitrogens with zero attached hydrogens (tertiary/aromatic N) is 1. The van der Waals surface area contributed by atoms with Crippen LogP contribution in [0.15, 0.2) is 18.2 Å². The first-order valence-electron chi connectivity index (χ1n) is 7.21. The Bertz CT molecular complexity index is 443. The van der Waals surface area contributed by atoms with Crippen LogP contribution in [0.25, 0.3) is 0 Å². The molecule has 0 heterocycles. The van der Waals surface area contributed by atoms with Crippen LogP contribution in [0.4, 0.5) is 4.39 Å². The number of hydrogen-bond donors (Lipinski definition) is 1. The molecule has 0 saturated heterocycles. The Labute approximate surface area is 114 Å². The molecule has 19 heavy (non-hydrogen) atoms. The molecule has 0 aromatic heterocycles. The standard InChI is InChI=1S/C16H21FN2/c17-16-9-8-13(11-18)10-14(16)12-19-15-6-4-2-1-3-5-7-15/h8-10,15,19H,1-7,12H2. The Hall–Kier alpha value is -1.40. The molecular weight excluding hydrogens is 239 g/mol. The fraction of sp³-hybridized carbons (Fsp3) is 0.562. The van der Waals surface area contributed by atoms with Gasteiger partial charge in [-0.15, -0.1) is 0 Å². The van der Waals surface area contributed by atoms with Crippen molar-refractivity contribution >= 4 is 0 Å². The normalized spacial score (nSPS) is 17.5. The lowest BCUT2D eigenvalue weighted by atomic mass is 9.96. The van der Waals surface area contributed by atoms with E-state index in [1.807, 2.05) is 0 Å². The zero-order valence-electron chi connectivity index (χ0n) is 11.3. The van der Waals surface area contributed by atoms with Gasteiger partial charge in [0.2, 0.25) is 0 Å². The van der Waals surface area contributed by atoms with Gasteiger partial charge < -0.3 is 5.32 Å². The van der Waals surface area contributed by atoms with Crippen molar-refractivity contribution in [1.29, 1.82) is 5.26 Å². The molecule has 0 atom stereocenters.